The fourth-order valence-electron chi connectivity index (χ4n) is 3.42. The van der Waals surface area contributed by atoms with Crippen LogP contribution >= 0.6 is 0 Å². The first kappa shape index (κ1) is 26.5. The predicted octanol–water partition coefficient (Wildman–Crippen LogP) is 5.07. The average molecular weight is 501 g/mol. The molecule has 10 heteroatoms. The van der Waals surface area contributed by atoms with Gasteiger partial charge in [-0.25, -0.2) is 9.79 Å². The Morgan fingerprint density at radius 1 is 0.917 bits per heavy atom. The number of halogens is 4. The highest BCUT2D eigenvalue weighted by atomic mass is 19.5. The summed E-state index contributed by atoms with van der Waals surface area (Å²) in [5.74, 6) is 1.18. The molecule has 0 aliphatic carbocycles. The van der Waals surface area contributed by atoms with Gasteiger partial charge in [-0.1, -0.05) is 13.0 Å². The van der Waals surface area contributed by atoms with Crippen molar-refractivity contribution in [3.05, 3.63) is 89.3 Å². The van der Waals surface area contributed by atoms with E-state index >= 15 is 0 Å². The van der Waals surface area contributed by atoms with Crippen molar-refractivity contribution in [3.8, 4) is 17.1 Å². The van der Waals surface area contributed by atoms with Crippen molar-refractivity contribution in [2.24, 2.45) is 0 Å². The number of fused-ring (bicyclic) bond motifs is 1. The van der Waals surface area contributed by atoms with Crippen LogP contribution in [0, 0.1) is 0 Å². The predicted molar refractivity (Wildman–Crippen MR) is 129 cm³/mol. The first-order valence-corrected chi connectivity index (χ1v) is 11.0. The fourth-order valence-corrected chi connectivity index (χ4v) is 3.42. The van der Waals surface area contributed by atoms with Crippen molar-refractivity contribution in [2.45, 2.75) is 13.3 Å². The molecule has 0 fully saturated rings. The average Bonchev–Trinajstić information content (AvgIpc) is 2.87. The van der Waals surface area contributed by atoms with Crippen LogP contribution in [0.3, 0.4) is 0 Å². The van der Waals surface area contributed by atoms with Crippen molar-refractivity contribution >= 4 is 29.9 Å². The largest absolute Gasteiger partial charge is 0.673 e. The number of benzene rings is 3. The molecule has 1 heterocycles. The van der Waals surface area contributed by atoms with Gasteiger partial charge in [0, 0.05) is 17.7 Å². The zero-order valence-electron chi connectivity index (χ0n) is 19.9. The molecule has 0 atom stereocenters. The van der Waals surface area contributed by atoms with E-state index in [-0.39, 0.29) is 5.97 Å². The third kappa shape index (κ3) is 7.21. The highest BCUT2D eigenvalue weighted by Gasteiger charge is 2.20. The Kier molecular flexibility index (Phi) is 8.53. The summed E-state index contributed by atoms with van der Waals surface area (Å²) in [7, 11) is -2.98. The minimum absolute atomic E-state index is 0.357. The molecule has 1 aromatic heterocycles. The summed E-state index contributed by atoms with van der Waals surface area (Å²) in [5, 5.41) is 1.92. The topological polar surface area (TPSA) is 62.6 Å². The second kappa shape index (κ2) is 11.6. The molecule has 3 aromatic carbocycles. The van der Waals surface area contributed by atoms with Crippen molar-refractivity contribution < 1.29 is 40.9 Å². The molecule has 0 amide bonds. The molecule has 0 saturated heterocycles. The molecule has 188 valence electrons. The van der Waals surface area contributed by atoms with Crippen LogP contribution in [0.1, 0.15) is 22.8 Å². The van der Waals surface area contributed by atoms with Gasteiger partial charge in [0.15, 0.2) is 0 Å². The summed E-state index contributed by atoms with van der Waals surface area (Å²) in [6, 6.07) is 23.2. The molecule has 0 bridgehead atoms. The number of carbonyl (C=O) groups is 1. The molecule has 1 N–H and O–H groups in total. The molecule has 5 nitrogen and oxygen atoms in total. The minimum Gasteiger partial charge on any atom is -0.497 e. The van der Waals surface area contributed by atoms with Crippen molar-refractivity contribution in [1.29, 1.82) is 0 Å². The van der Waals surface area contributed by atoms with Gasteiger partial charge in [-0.2, -0.15) is 0 Å². The van der Waals surface area contributed by atoms with Crippen molar-refractivity contribution in [1.82, 2.24) is 0 Å². The molecule has 4 aromatic rings. The van der Waals surface area contributed by atoms with Gasteiger partial charge in [-0.05, 0) is 60.5 Å². The van der Waals surface area contributed by atoms with Crippen LogP contribution in [-0.4, -0.2) is 27.4 Å². The van der Waals surface area contributed by atoms with E-state index in [9.17, 15) is 22.1 Å². The molecule has 0 radical (unpaired) electrons. The highest BCUT2D eigenvalue weighted by molar-refractivity contribution is 6.50. The number of hydrogen-bond acceptors (Lipinski definition) is 4. The molecule has 0 unspecified atom stereocenters. The fraction of sp³-hybridized carbons (Fsp3) is 0.154. The SMILES string of the molecule is CCc1ccc2oc(-c3ccc(OC)cc3)cc(=[NH+]c3ccc(C(=O)OC)cc3)c2c1.F[B-](F)(F)F. The minimum atomic E-state index is -6.00. The normalized spacial score (nSPS) is 11.6. The maximum absolute atomic E-state index is 11.7. The number of hydrogen-bond donors (Lipinski definition) is 1. The van der Waals surface area contributed by atoms with Crippen LogP contribution in [0.25, 0.3) is 22.3 Å². The Bertz CT molecular complexity index is 1390. The number of methoxy groups -OCH3 is 2. The lowest BCUT2D eigenvalue weighted by Gasteiger charge is -2.06. The summed E-state index contributed by atoms with van der Waals surface area (Å²) in [4.78, 5) is 15.2. The monoisotopic (exact) mass is 501 g/mol. The van der Waals surface area contributed by atoms with Gasteiger partial charge in [-0.3, -0.25) is 0 Å². The van der Waals surface area contributed by atoms with Crippen LogP contribution < -0.4 is 15.1 Å². The van der Waals surface area contributed by atoms with Crippen LogP contribution in [0.15, 0.2) is 77.2 Å². The standard InChI is InChI=1S/C26H23NO4.BF4/c1-4-17-5-14-24-22(15-17)23(27-20-10-6-19(7-11-20)26(28)30-3)16-25(31-24)18-8-12-21(29-2)13-9-18;2-1(3,4)5/h5-16H,4H2,1-3H3;/q;-1/p+1. The lowest BCUT2D eigenvalue weighted by molar-refractivity contribution is -0.400. The van der Waals surface area contributed by atoms with Gasteiger partial charge in [0.1, 0.15) is 17.1 Å². The van der Waals surface area contributed by atoms with Crippen LogP contribution in [-0.2, 0) is 11.2 Å². The zero-order valence-corrected chi connectivity index (χ0v) is 19.9. The number of rotatable bonds is 5. The van der Waals surface area contributed by atoms with Gasteiger partial charge < -0.3 is 31.2 Å². The third-order valence-corrected chi connectivity index (χ3v) is 5.20. The molecular weight excluding hydrogens is 477 g/mol. The molecule has 0 aliphatic heterocycles. The lowest BCUT2D eigenvalue weighted by atomic mass is 10.1. The Balaban J connectivity index is 0.000000658. The van der Waals surface area contributed by atoms with Gasteiger partial charge in [0.2, 0.25) is 11.0 Å². The number of ether oxygens (including phenoxy) is 2. The summed E-state index contributed by atoms with van der Waals surface area (Å²) >= 11 is 0. The molecular formula is C26H24BF4NO4. The van der Waals surface area contributed by atoms with E-state index in [0.717, 1.165) is 45.5 Å². The Labute approximate surface area is 205 Å². The van der Waals surface area contributed by atoms with Gasteiger partial charge in [-0.15, -0.1) is 0 Å². The number of aryl methyl sites for hydroxylation is 1. The van der Waals surface area contributed by atoms with E-state index in [1.165, 1.54) is 12.7 Å². The maximum Gasteiger partial charge on any atom is 0.673 e. The van der Waals surface area contributed by atoms with E-state index in [0.29, 0.717) is 5.56 Å². The van der Waals surface area contributed by atoms with Crippen LogP contribution in [0.2, 0.25) is 0 Å². The molecule has 0 aliphatic rings. The first-order valence-electron chi connectivity index (χ1n) is 11.0. The van der Waals surface area contributed by atoms with Crippen LogP contribution in [0.5, 0.6) is 5.75 Å². The summed E-state index contributed by atoms with van der Waals surface area (Å²) < 4.78 is 55.3. The second-order valence-electron chi connectivity index (χ2n) is 7.63. The second-order valence-corrected chi connectivity index (χ2v) is 7.63. The number of nitrogens with one attached hydrogen (secondary N) is 1. The molecule has 0 spiro atoms. The summed E-state index contributed by atoms with van der Waals surface area (Å²) in [6.45, 7) is 2.13. The quantitative estimate of drug-likeness (QED) is 0.236. The van der Waals surface area contributed by atoms with E-state index < -0.39 is 7.25 Å². The first-order chi connectivity index (χ1) is 17.1. The van der Waals surface area contributed by atoms with Gasteiger partial charge in [0.25, 0.3) is 0 Å². The van der Waals surface area contributed by atoms with E-state index in [1.807, 2.05) is 48.5 Å². The highest BCUT2D eigenvalue weighted by Crippen LogP contribution is 2.24. The van der Waals surface area contributed by atoms with E-state index in [4.69, 9.17) is 13.9 Å². The Hall–Kier alpha value is -4.08. The lowest BCUT2D eigenvalue weighted by Crippen LogP contribution is -2.70. The third-order valence-electron chi connectivity index (χ3n) is 5.20. The Morgan fingerprint density at radius 2 is 1.56 bits per heavy atom. The van der Waals surface area contributed by atoms with Crippen molar-refractivity contribution in [2.75, 3.05) is 14.2 Å². The van der Waals surface area contributed by atoms with E-state index in [2.05, 4.69) is 24.0 Å². The van der Waals surface area contributed by atoms with Gasteiger partial charge >= 0.3 is 13.2 Å². The molecule has 0 saturated carbocycles. The van der Waals surface area contributed by atoms with Crippen LogP contribution in [0.4, 0.5) is 23.0 Å². The van der Waals surface area contributed by atoms with Crippen molar-refractivity contribution in [3.63, 3.8) is 0 Å². The summed E-state index contributed by atoms with van der Waals surface area (Å²) in [5.41, 5.74) is 4.34. The maximum atomic E-state index is 11.7. The summed E-state index contributed by atoms with van der Waals surface area (Å²) in [6.07, 6.45) is 0.934. The van der Waals surface area contributed by atoms with Gasteiger partial charge in [0.05, 0.1) is 31.2 Å². The number of esters is 1. The Morgan fingerprint density at radius 3 is 2.11 bits per heavy atom. The smallest absolute Gasteiger partial charge is 0.497 e. The number of carbonyl (C=O) groups excluding carboxylic acids is 1. The van der Waals surface area contributed by atoms with E-state index in [1.54, 1.807) is 19.2 Å². The zero-order chi connectivity index (χ0) is 26.3. The molecule has 4 rings (SSSR count). The molecule has 36 heavy (non-hydrogen) atoms.